The smallest absolute Gasteiger partial charge is 0.202 e. The van der Waals surface area contributed by atoms with Crippen LogP contribution in [0.1, 0.15) is 5.56 Å². The molecule has 0 N–H and O–H groups in total. The molecule has 530 valence electrons. The van der Waals surface area contributed by atoms with Gasteiger partial charge >= 0.3 is 0 Å². The minimum absolute atomic E-state index is 0.0799. The summed E-state index contributed by atoms with van der Waals surface area (Å²) < 4.78 is 0. The third kappa shape index (κ3) is 10.2. The van der Waals surface area contributed by atoms with Crippen LogP contribution in [0.4, 0.5) is 17.1 Å². The first-order valence-electron chi connectivity index (χ1n) is 38.0. The zero-order valence-electron chi connectivity index (χ0n) is 61.5. The summed E-state index contributed by atoms with van der Waals surface area (Å²) in [5, 5.41) is 48.4. The van der Waals surface area contributed by atoms with Crippen molar-refractivity contribution in [1.29, 1.82) is 5.26 Å². The highest BCUT2D eigenvalue weighted by molar-refractivity contribution is 6.40. The lowest BCUT2D eigenvalue weighted by Crippen LogP contribution is -1.91. The van der Waals surface area contributed by atoms with E-state index in [-0.39, 0.29) is 22.6 Å². The largest absolute Gasteiger partial charge is 0.262 e. The van der Waals surface area contributed by atoms with Crippen molar-refractivity contribution >= 4 is 244 Å². The lowest BCUT2D eigenvalue weighted by molar-refractivity contribution is 1.31. The van der Waals surface area contributed by atoms with E-state index < -0.39 is 0 Å². The molecular formula is C104H54N12. The fraction of sp³-hybridized carbons (Fsp3) is 0. The average molecular weight is 1470 g/mol. The Hall–Kier alpha value is -16.6. The van der Waals surface area contributed by atoms with Crippen LogP contribution in [0.25, 0.3) is 242 Å². The Morgan fingerprint density at radius 1 is 0.190 bits per heavy atom. The van der Waals surface area contributed by atoms with Gasteiger partial charge in [0.05, 0.1) is 75.5 Å². The van der Waals surface area contributed by atoms with E-state index in [2.05, 4.69) is 283 Å². The molecule has 0 saturated carbocycles. The van der Waals surface area contributed by atoms with E-state index in [1.807, 2.05) is 36.4 Å². The number of hydrogen-bond donors (Lipinski definition) is 0. The summed E-state index contributed by atoms with van der Waals surface area (Å²) in [7, 11) is 0. The highest BCUT2D eigenvalue weighted by Crippen LogP contribution is 2.51. The molecule has 25 aromatic rings. The molecule has 0 fully saturated rings. The minimum Gasteiger partial charge on any atom is -0.262 e. The molecule has 4 heterocycles. The summed E-state index contributed by atoms with van der Waals surface area (Å²) in [4.78, 5) is 48.2. The molecule has 0 atom stereocenters. The predicted molar refractivity (Wildman–Crippen MR) is 479 cm³/mol. The quantitative estimate of drug-likeness (QED) is 0.0824. The molecule has 0 aliphatic carbocycles. The van der Waals surface area contributed by atoms with Crippen LogP contribution in [0.2, 0.25) is 0 Å². The van der Waals surface area contributed by atoms with Gasteiger partial charge in [-0.05, 0) is 189 Å². The van der Waals surface area contributed by atoms with E-state index in [1.165, 1.54) is 118 Å². The molecule has 0 saturated heterocycles. The van der Waals surface area contributed by atoms with Gasteiger partial charge in [0.1, 0.15) is 0 Å². The van der Waals surface area contributed by atoms with Crippen molar-refractivity contribution < 1.29 is 0 Å². The molecule has 0 aliphatic rings. The van der Waals surface area contributed by atoms with E-state index in [0.717, 1.165) is 92.5 Å². The molecule has 0 spiro atoms. The maximum Gasteiger partial charge on any atom is 0.202 e. The van der Waals surface area contributed by atoms with Gasteiger partial charge in [0.15, 0.2) is 5.69 Å². The van der Waals surface area contributed by atoms with Crippen LogP contribution in [0.5, 0.6) is 0 Å². The SMILES string of the molecule is [C-]#[N+]c1c([N+]#[C-])c([N+]#[C-])c2cc3c4cc5ccccc5cc4c4nccnc4c3cc2c1C#N.c1ccc2cc3c(cc2c1)c1ccc2ccccc2c1c1nccnc31.c1ccc2cc3c(cc2c1)c1nccnc1c1c2ccccc2c2ccccc2c31.c1ccc2cc3c(cc2c1)c1nccnc1c1ccc2ccccc2c31. The van der Waals surface area contributed by atoms with Gasteiger partial charge in [-0.1, -0.05) is 224 Å². The van der Waals surface area contributed by atoms with E-state index in [0.29, 0.717) is 16.3 Å². The summed E-state index contributed by atoms with van der Waals surface area (Å²) in [6.45, 7) is 22.9. The second-order valence-corrected chi connectivity index (χ2v) is 29.1. The second kappa shape index (κ2) is 26.6. The van der Waals surface area contributed by atoms with Crippen molar-refractivity contribution in [3.8, 4) is 6.07 Å². The number of fused-ring (bicyclic) bond motifs is 38. The van der Waals surface area contributed by atoms with E-state index >= 15 is 0 Å². The predicted octanol–water partition coefficient (Wildman–Crippen LogP) is 27.6. The number of nitrogens with zero attached hydrogens (tertiary/aromatic N) is 12. The Kier molecular flexibility index (Phi) is 15.2. The van der Waals surface area contributed by atoms with Gasteiger partial charge in [-0.2, -0.15) is 5.26 Å². The summed E-state index contributed by atoms with van der Waals surface area (Å²) in [6, 6.07) is 100. The first-order chi connectivity index (χ1) is 57.4. The standard InChI is InChI=1S/C28H10N6.C28H16N2.2C24H14N2/c1-30-24-21-12-18-17-10-15-6-4-5-7-16(15)11-20(17)26-27(34-9-8-33-26)22(18)13-19(21)23(14-29)25(31-2)28(24)32-3;1-2-8-18-16-24-23(15-17(18)7-1)25-21-11-5-3-9-19(21)20-10-4-6-12-22(20)26(25)28-27(24)29-13-14-30-28;1-2-7-17-14-21-20(13-16(17)6-1)22-18-8-4-3-5-15(18)9-10-19(22)23-24(21)26-12-11-25-23;1-2-7-17-14-21-20(13-16(17)6-1)19-10-9-15-5-3-4-8-18(15)22(19)24-23(21)25-11-12-26-24/h4-13H;1-16H;2*1-14H. The lowest BCUT2D eigenvalue weighted by Gasteiger charge is -2.15. The lowest BCUT2D eigenvalue weighted by atomic mass is 9.89. The summed E-state index contributed by atoms with van der Waals surface area (Å²) in [6.07, 6.45) is 14.0. The number of benzene rings is 21. The third-order valence-corrected chi connectivity index (χ3v) is 23.1. The molecule has 12 heteroatoms. The number of aromatic nitrogens is 8. The zero-order chi connectivity index (χ0) is 77.2. The summed E-state index contributed by atoms with van der Waals surface area (Å²) in [5.41, 5.74) is 7.25. The first kappa shape index (κ1) is 66.4. The van der Waals surface area contributed by atoms with Crippen molar-refractivity contribution in [3.05, 3.63) is 368 Å². The maximum atomic E-state index is 9.90. The molecule has 4 aromatic heterocycles. The van der Waals surface area contributed by atoms with Crippen LogP contribution < -0.4 is 0 Å². The Morgan fingerprint density at radius 3 is 0.897 bits per heavy atom. The van der Waals surface area contributed by atoms with Gasteiger partial charge in [0.25, 0.3) is 0 Å². The zero-order valence-corrected chi connectivity index (χ0v) is 61.5. The molecular weight excluding hydrogens is 1420 g/mol. The normalized spacial score (nSPS) is 11.6. The Balaban J connectivity index is 0.0000000943. The third-order valence-electron chi connectivity index (χ3n) is 23.1. The van der Waals surface area contributed by atoms with Crippen LogP contribution in [0, 0.1) is 31.0 Å². The first-order valence-corrected chi connectivity index (χ1v) is 38.0. The van der Waals surface area contributed by atoms with Crippen molar-refractivity contribution in [2.75, 3.05) is 0 Å². The monoisotopic (exact) mass is 1470 g/mol. The van der Waals surface area contributed by atoms with Crippen LogP contribution >= 0.6 is 0 Å². The average Bonchev–Trinajstić information content (AvgIpc) is 0.726. The molecule has 0 amide bonds. The highest BCUT2D eigenvalue weighted by atomic mass is 14.8. The fourth-order valence-corrected chi connectivity index (χ4v) is 18.0. The van der Waals surface area contributed by atoms with Crippen LogP contribution in [0.3, 0.4) is 0 Å². The van der Waals surface area contributed by atoms with Crippen molar-refractivity contribution in [2.24, 2.45) is 0 Å². The topological polar surface area (TPSA) is 140 Å². The molecule has 0 bridgehead atoms. The van der Waals surface area contributed by atoms with Gasteiger partial charge < -0.3 is 0 Å². The molecule has 116 heavy (non-hydrogen) atoms. The van der Waals surface area contributed by atoms with Crippen molar-refractivity contribution in [2.45, 2.75) is 0 Å². The Morgan fingerprint density at radius 2 is 0.466 bits per heavy atom. The van der Waals surface area contributed by atoms with E-state index in [9.17, 15) is 5.26 Å². The maximum absolute atomic E-state index is 9.90. The summed E-state index contributed by atoms with van der Waals surface area (Å²) in [5.74, 6) is 0. The van der Waals surface area contributed by atoms with E-state index in [1.54, 1.807) is 49.6 Å². The number of hydrogen-bond acceptors (Lipinski definition) is 9. The molecule has 0 radical (unpaired) electrons. The van der Waals surface area contributed by atoms with Crippen LogP contribution in [0.15, 0.2) is 329 Å². The Bertz CT molecular complexity index is 8810. The van der Waals surface area contributed by atoms with Gasteiger partial charge in [-0.15, -0.1) is 0 Å². The molecule has 25 rings (SSSR count). The highest BCUT2D eigenvalue weighted by Gasteiger charge is 2.25. The molecule has 21 aromatic carbocycles. The van der Waals surface area contributed by atoms with Crippen molar-refractivity contribution in [1.82, 2.24) is 39.9 Å². The second-order valence-electron chi connectivity index (χ2n) is 29.1. The van der Waals surface area contributed by atoms with Gasteiger partial charge in [0.2, 0.25) is 11.4 Å². The van der Waals surface area contributed by atoms with Gasteiger partial charge in [-0.25, -0.2) is 0 Å². The Labute approximate surface area is 659 Å². The molecule has 0 aliphatic heterocycles. The van der Waals surface area contributed by atoms with Crippen LogP contribution in [-0.2, 0) is 0 Å². The number of nitriles is 1. The van der Waals surface area contributed by atoms with Gasteiger partial charge in [-0.3, -0.25) is 54.4 Å². The van der Waals surface area contributed by atoms with Crippen molar-refractivity contribution in [3.63, 3.8) is 0 Å². The van der Waals surface area contributed by atoms with Crippen LogP contribution in [-0.4, -0.2) is 39.9 Å². The fourth-order valence-electron chi connectivity index (χ4n) is 18.0. The molecule has 12 nitrogen and oxygen atoms in total. The summed E-state index contributed by atoms with van der Waals surface area (Å²) >= 11 is 0. The molecule has 0 unspecified atom stereocenters. The van der Waals surface area contributed by atoms with Gasteiger partial charge in [0, 0.05) is 98.1 Å². The number of rotatable bonds is 0. The van der Waals surface area contributed by atoms with E-state index in [4.69, 9.17) is 39.7 Å². The minimum atomic E-state index is -0.0856.